The van der Waals surface area contributed by atoms with Crippen molar-refractivity contribution in [1.29, 1.82) is 0 Å². The van der Waals surface area contributed by atoms with Crippen LogP contribution in [0.4, 0.5) is 0 Å². The standard InChI is InChI=1S/C12H8Cl2N2OS/c13-8-4-1-5-9(14)10(8)16-6-2-3-7(11(15)17)12(16)18/h1-6H,(H2,15,17). The number of hydrogen-bond donors (Lipinski definition) is 1. The van der Waals surface area contributed by atoms with Crippen molar-refractivity contribution >= 4 is 41.3 Å². The molecule has 1 aromatic heterocycles. The van der Waals surface area contributed by atoms with Crippen LogP contribution in [-0.2, 0) is 0 Å². The lowest BCUT2D eigenvalue weighted by atomic mass is 10.2. The highest BCUT2D eigenvalue weighted by Gasteiger charge is 2.11. The molecular weight excluding hydrogens is 291 g/mol. The molecule has 2 aromatic rings. The summed E-state index contributed by atoms with van der Waals surface area (Å²) in [6.45, 7) is 0. The summed E-state index contributed by atoms with van der Waals surface area (Å²) in [4.78, 5) is 11.3. The maximum absolute atomic E-state index is 11.3. The van der Waals surface area contributed by atoms with Crippen molar-refractivity contribution in [3.05, 3.63) is 56.8 Å². The minimum atomic E-state index is -0.586. The maximum atomic E-state index is 11.3. The van der Waals surface area contributed by atoms with Crippen LogP contribution >= 0.6 is 35.4 Å². The minimum absolute atomic E-state index is 0.253. The fraction of sp³-hybridized carbons (Fsp3) is 0. The number of nitrogens with two attached hydrogens (primary N) is 1. The molecule has 3 nitrogen and oxygen atoms in total. The fourth-order valence-electron chi connectivity index (χ4n) is 1.58. The molecule has 92 valence electrons. The van der Waals surface area contributed by atoms with E-state index in [2.05, 4.69) is 0 Å². The Morgan fingerprint density at radius 3 is 2.33 bits per heavy atom. The van der Waals surface area contributed by atoms with Crippen molar-refractivity contribution in [3.8, 4) is 5.69 Å². The molecule has 6 heteroatoms. The summed E-state index contributed by atoms with van der Waals surface area (Å²) in [5.41, 5.74) is 6.04. The lowest BCUT2D eigenvalue weighted by Crippen LogP contribution is -2.14. The molecule has 0 radical (unpaired) electrons. The van der Waals surface area contributed by atoms with E-state index in [0.29, 0.717) is 15.7 Å². The van der Waals surface area contributed by atoms with Gasteiger partial charge in [-0.3, -0.25) is 4.79 Å². The van der Waals surface area contributed by atoms with E-state index in [0.717, 1.165) is 0 Å². The fourth-order valence-corrected chi connectivity index (χ4v) is 2.48. The normalized spacial score (nSPS) is 10.3. The summed E-state index contributed by atoms with van der Waals surface area (Å²) in [5, 5.41) is 0.889. The zero-order chi connectivity index (χ0) is 13.3. The van der Waals surface area contributed by atoms with E-state index in [-0.39, 0.29) is 10.2 Å². The maximum Gasteiger partial charge on any atom is 0.251 e. The van der Waals surface area contributed by atoms with Crippen molar-refractivity contribution in [1.82, 2.24) is 4.57 Å². The van der Waals surface area contributed by atoms with E-state index >= 15 is 0 Å². The zero-order valence-electron chi connectivity index (χ0n) is 9.06. The van der Waals surface area contributed by atoms with Crippen molar-refractivity contribution in [2.75, 3.05) is 0 Å². The number of carbonyl (C=O) groups excluding carboxylic acids is 1. The smallest absolute Gasteiger partial charge is 0.251 e. The Kier molecular flexibility index (Phi) is 3.71. The first-order valence-corrected chi connectivity index (χ1v) is 6.14. The highest BCUT2D eigenvalue weighted by Crippen LogP contribution is 2.28. The third kappa shape index (κ3) is 2.27. The molecule has 0 atom stereocenters. The molecule has 0 saturated heterocycles. The monoisotopic (exact) mass is 298 g/mol. The van der Waals surface area contributed by atoms with Crippen molar-refractivity contribution in [3.63, 3.8) is 0 Å². The first-order valence-electron chi connectivity index (χ1n) is 4.98. The molecule has 0 bridgehead atoms. The summed E-state index contributed by atoms with van der Waals surface area (Å²) >= 11 is 17.4. The van der Waals surface area contributed by atoms with Crippen LogP contribution in [0.25, 0.3) is 5.69 Å². The number of rotatable bonds is 2. The number of pyridine rings is 1. The first kappa shape index (κ1) is 13.1. The molecule has 0 unspecified atom stereocenters. The molecule has 18 heavy (non-hydrogen) atoms. The molecule has 0 aliphatic rings. The van der Waals surface area contributed by atoms with Gasteiger partial charge >= 0.3 is 0 Å². The number of nitrogens with zero attached hydrogens (tertiary/aromatic N) is 1. The Morgan fingerprint density at radius 2 is 1.78 bits per heavy atom. The van der Waals surface area contributed by atoms with E-state index < -0.39 is 5.91 Å². The van der Waals surface area contributed by atoms with E-state index in [9.17, 15) is 4.79 Å². The second-order valence-corrected chi connectivity index (χ2v) is 4.73. The summed E-state index contributed by atoms with van der Waals surface area (Å²) in [6, 6.07) is 8.35. The van der Waals surface area contributed by atoms with Gasteiger partial charge in [0.2, 0.25) is 0 Å². The zero-order valence-corrected chi connectivity index (χ0v) is 11.4. The van der Waals surface area contributed by atoms with Crippen LogP contribution in [0.2, 0.25) is 10.0 Å². The summed E-state index contributed by atoms with van der Waals surface area (Å²) in [6.07, 6.45) is 1.68. The number of amides is 1. The van der Waals surface area contributed by atoms with E-state index in [4.69, 9.17) is 41.2 Å². The number of hydrogen-bond acceptors (Lipinski definition) is 2. The first-order chi connectivity index (χ1) is 8.52. The van der Waals surface area contributed by atoms with Gasteiger partial charge in [-0.2, -0.15) is 0 Å². The second kappa shape index (κ2) is 5.10. The number of primary amides is 1. The third-order valence-corrected chi connectivity index (χ3v) is 3.42. The van der Waals surface area contributed by atoms with Gasteiger partial charge in [0.05, 0.1) is 21.3 Å². The number of benzene rings is 1. The molecular formula is C12H8Cl2N2OS. The van der Waals surface area contributed by atoms with Gasteiger partial charge in [-0.1, -0.05) is 41.5 Å². The summed E-state index contributed by atoms with van der Waals surface area (Å²) in [7, 11) is 0. The van der Waals surface area contributed by atoms with Gasteiger partial charge in [0.15, 0.2) is 0 Å². The van der Waals surface area contributed by atoms with Crippen LogP contribution in [0.1, 0.15) is 10.4 Å². The van der Waals surface area contributed by atoms with Crippen LogP contribution in [-0.4, -0.2) is 10.5 Å². The molecule has 0 spiro atoms. The average Bonchev–Trinajstić information content (AvgIpc) is 2.30. The lowest BCUT2D eigenvalue weighted by molar-refractivity contribution is 0.0999. The van der Waals surface area contributed by atoms with Crippen LogP contribution in [0, 0.1) is 4.64 Å². The predicted octanol–water partition coefficient (Wildman–Crippen LogP) is 3.61. The van der Waals surface area contributed by atoms with E-state index in [1.165, 1.54) is 0 Å². The molecule has 0 saturated carbocycles. The Morgan fingerprint density at radius 1 is 1.17 bits per heavy atom. The Balaban J connectivity index is 2.77. The molecule has 1 heterocycles. The van der Waals surface area contributed by atoms with Crippen molar-refractivity contribution in [2.45, 2.75) is 0 Å². The number of para-hydroxylation sites is 1. The topological polar surface area (TPSA) is 48.0 Å². The minimum Gasteiger partial charge on any atom is -0.366 e. The number of carbonyl (C=O) groups is 1. The second-order valence-electron chi connectivity index (χ2n) is 3.53. The van der Waals surface area contributed by atoms with Crippen molar-refractivity contribution < 1.29 is 4.79 Å². The van der Waals surface area contributed by atoms with Gasteiger partial charge in [0, 0.05) is 6.20 Å². The quantitative estimate of drug-likeness (QED) is 0.861. The number of aromatic nitrogens is 1. The highest BCUT2D eigenvalue weighted by atomic mass is 35.5. The van der Waals surface area contributed by atoms with Crippen molar-refractivity contribution in [2.24, 2.45) is 5.73 Å². The molecule has 1 aromatic carbocycles. The molecule has 0 aliphatic heterocycles. The molecule has 1 amide bonds. The Hall–Kier alpha value is -1.36. The molecule has 2 rings (SSSR count). The average molecular weight is 299 g/mol. The predicted molar refractivity (Wildman–Crippen MR) is 75.1 cm³/mol. The largest absolute Gasteiger partial charge is 0.366 e. The van der Waals surface area contributed by atoms with Crippen LogP contribution in [0.15, 0.2) is 36.5 Å². The summed E-state index contributed by atoms with van der Waals surface area (Å²) < 4.78 is 1.85. The van der Waals surface area contributed by atoms with Gasteiger partial charge in [-0.25, -0.2) is 0 Å². The van der Waals surface area contributed by atoms with E-state index in [1.807, 2.05) is 0 Å². The van der Waals surface area contributed by atoms with Gasteiger partial charge in [-0.05, 0) is 24.3 Å². The Labute approximate surface area is 119 Å². The van der Waals surface area contributed by atoms with Gasteiger partial charge < -0.3 is 10.3 Å². The third-order valence-electron chi connectivity index (χ3n) is 2.39. The van der Waals surface area contributed by atoms with Gasteiger partial charge in [0.25, 0.3) is 5.91 Å². The molecule has 2 N–H and O–H groups in total. The summed E-state index contributed by atoms with van der Waals surface area (Å²) in [5.74, 6) is -0.586. The van der Waals surface area contributed by atoms with Gasteiger partial charge in [0.1, 0.15) is 4.64 Å². The number of halogens is 2. The van der Waals surface area contributed by atoms with Crippen LogP contribution in [0.3, 0.4) is 0 Å². The van der Waals surface area contributed by atoms with Crippen LogP contribution in [0.5, 0.6) is 0 Å². The van der Waals surface area contributed by atoms with E-state index in [1.54, 1.807) is 41.1 Å². The molecule has 0 aliphatic carbocycles. The van der Waals surface area contributed by atoms with Gasteiger partial charge in [-0.15, -0.1) is 0 Å². The highest BCUT2D eigenvalue weighted by molar-refractivity contribution is 7.71. The molecule has 0 fully saturated rings. The Bertz CT molecular complexity index is 662. The SMILES string of the molecule is NC(=O)c1cccn(-c2c(Cl)cccc2Cl)c1=S. The lowest BCUT2D eigenvalue weighted by Gasteiger charge is -2.12. The van der Waals surface area contributed by atoms with Crippen LogP contribution < -0.4 is 5.73 Å².